The minimum atomic E-state index is 0.373. The Labute approximate surface area is 200 Å². The van der Waals surface area contributed by atoms with E-state index in [0.717, 1.165) is 33.2 Å². The summed E-state index contributed by atoms with van der Waals surface area (Å²) in [4.78, 5) is 4.08. The average Bonchev–Trinajstić information content (AvgIpc) is 3.23. The van der Waals surface area contributed by atoms with E-state index in [0.29, 0.717) is 28.8 Å². The summed E-state index contributed by atoms with van der Waals surface area (Å²) in [5.74, 6) is 1.46. The molecule has 8 heteroatoms. The van der Waals surface area contributed by atoms with Crippen molar-refractivity contribution in [2.75, 3.05) is 5.43 Å². The normalized spacial score (nSPS) is 10.9. The second-order valence-electron chi connectivity index (χ2n) is 7.40. The highest BCUT2D eigenvalue weighted by molar-refractivity contribution is 7.71. The van der Waals surface area contributed by atoms with Crippen molar-refractivity contribution in [2.24, 2.45) is 0 Å². The van der Waals surface area contributed by atoms with E-state index in [1.165, 1.54) is 0 Å². The molecule has 5 rings (SSSR count). The summed E-state index contributed by atoms with van der Waals surface area (Å²) in [7, 11) is 0. The number of fused-ring (bicyclic) bond motifs is 1. The van der Waals surface area contributed by atoms with Gasteiger partial charge in [-0.3, -0.25) is 4.98 Å². The Morgan fingerprint density at radius 3 is 2.61 bits per heavy atom. The number of pyridine rings is 1. The number of nitrogens with zero attached hydrogens (tertiary/aromatic N) is 3. The van der Waals surface area contributed by atoms with Gasteiger partial charge in [0.25, 0.3) is 0 Å². The summed E-state index contributed by atoms with van der Waals surface area (Å²) in [6.45, 7) is 0.851. The minimum absolute atomic E-state index is 0.373. The van der Waals surface area contributed by atoms with Crippen molar-refractivity contribution in [2.45, 2.75) is 13.2 Å². The Kier molecular flexibility index (Phi) is 6.06. The maximum atomic E-state index is 6.32. The topological polar surface area (TPSA) is 67.8 Å². The second kappa shape index (κ2) is 9.44. The Hall–Kier alpha value is -3.68. The van der Waals surface area contributed by atoms with Crippen LogP contribution in [0.3, 0.4) is 0 Å². The van der Waals surface area contributed by atoms with E-state index < -0.39 is 0 Å². The van der Waals surface area contributed by atoms with E-state index in [2.05, 4.69) is 38.8 Å². The van der Waals surface area contributed by atoms with Crippen molar-refractivity contribution in [1.82, 2.24) is 19.9 Å². The molecule has 0 aliphatic carbocycles. The lowest BCUT2D eigenvalue weighted by atomic mass is 10.0. The molecule has 3 aromatic carbocycles. The van der Waals surface area contributed by atoms with Crippen molar-refractivity contribution in [3.63, 3.8) is 0 Å². The number of hydrogen-bond donors (Lipinski definition) is 2. The van der Waals surface area contributed by atoms with Gasteiger partial charge in [0.1, 0.15) is 12.4 Å². The predicted octanol–water partition coefficient (Wildman–Crippen LogP) is 6.13. The van der Waals surface area contributed by atoms with Crippen LogP contribution in [0, 0.1) is 4.77 Å². The zero-order valence-electron chi connectivity index (χ0n) is 17.5. The molecule has 5 aromatic rings. The van der Waals surface area contributed by atoms with E-state index in [-0.39, 0.29) is 0 Å². The van der Waals surface area contributed by atoms with Crippen LogP contribution in [-0.2, 0) is 13.2 Å². The maximum Gasteiger partial charge on any atom is 0.214 e. The van der Waals surface area contributed by atoms with Gasteiger partial charge < -0.3 is 10.2 Å². The van der Waals surface area contributed by atoms with Gasteiger partial charge in [-0.05, 0) is 47.3 Å². The SMILES string of the molecule is S=c1[nH]nc(-c2ccncc2)n1NCc1c(OCc2ccccc2Cl)ccc2ccccc12. The van der Waals surface area contributed by atoms with Crippen LogP contribution >= 0.6 is 23.8 Å². The van der Waals surface area contributed by atoms with Gasteiger partial charge in [0.05, 0.1) is 6.54 Å². The monoisotopic (exact) mass is 473 g/mol. The zero-order chi connectivity index (χ0) is 22.6. The van der Waals surface area contributed by atoms with Gasteiger partial charge in [0, 0.05) is 34.1 Å². The molecule has 0 saturated carbocycles. The first-order valence-corrected chi connectivity index (χ1v) is 11.2. The number of H-pyrrole nitrogens is 1. The molecule has 0 spiro atoms. The molecule has 0 bridgehead atoms. The fourth-order valence-corrected chi connectivity index (χ4v) is 4.09. The summed E-state index contributed by atoms with van der Waals surface area (Å²) < 4.78 is 8.48. The quantitative estimate of drug-likeness (QED) is 0.278. The molecular weight excluding hydrogens is 454 g/mol. The highest BCUT2D eigenvalue weighted by Crippen LogP contribution is 2.30. The Morgan fingerprint density at radius 1 is 0.970 bits per heavy atom. The number of benzene rings is 3. The molecule has 2 heterocycles. The number of hydrogen-bond acceptors (Lipinski definition) is 5. The first-order chi connectivity index (χ1) is 16.2. The first kappa shape index (κ1) is 21.2. The van der Waals surface area contributed by atoms with Crippen LogP contribution in [0.1, 0.15) is 11.1 Å². The number of nitrogens with one attached hydrogen (secondary N) is 2. The molecule has 0 unspecified atom stereocenters. The largest absolute Gasteiger partial charge is 0.488 e. The zero-order valence-corrected chi connectivity index (χ0v) is 19.1. The van der Waals surface area contributed by atoms with Crippen LogP contribution in [0.2, 0.25) is 5.02 Å². The summed E-state index contributed by atoms with van der Waals surface area (Å²) in [6.07, 6.45) is 3.45. The van der Waals surface area contributed by atoms with Gasteiger partial charge in [-0.2, -0.15) is 5.10 Å². The van der Waals surface area contributed by atoms with Gasteiger partial charge >= 0.3 is 0 Å². The van der Waals surface area contributed by atoms with Crippen molar-refractivity contribution < 1.29 is 4.74 Å². The minimum Gasteiger partial charge on any atom is -0.488 e. The lowest BCUT2D eigenvalue weighted by Crippen LogP contribution is -2.17. The van der Waals surface area contributed by atoms with Crippen LogP contribution < -0.4 is 10.2 Å². The van der Waals surface area contributed by atoms with E-state index in [9.17, 15) is 0 Å². The Balaban J connectivity index is 1.48. The molecule has 33 heavy (non-hydrogen) atoms. The molecule has 0 aliphatic heterocycles. The number of rotatable bonds is 7. The highest BCUT2D eigenvalue weighted by atomic mass is 35.5. The number of halogens is 1. The van der Waals surface area contributed by atoms with Crippen molar-refractivity contribution in [1.29, 1.82) is 0 Å². The van der Waals surface area contributed by atoms with Gasteiger partial charge in [-0.25, -0.2) is 9.77 Å². The van der Waals surface area contributed by atoms with Crippen molar-refractivity contribution >= 4 is 34.6 Å². The van der Waals surface area contributed by atoms with E-state index in [1.807, 2.05) is 54.6 Å². The van der Waals surface area contributed by atoms with E-state index in [4.69, 9.17) is 28.6 Å². The fraction of sp³-hybridized carbons (Fsp3) is 0.0800. The molecule has 2 N–H and O–H groups in total. The van der Waals surface area contributed by atoms with Gasteiger partial charge in [0.2, 0.25) is 4.77 Å². The summed E-state index contributed by atoms with van der Waals surface area (Å²) in [6, 6.07) is 23.8. The summed E-state index contributed by atoms with van der Waals surface area (Å²) in [5, 5.41) is 10.2. The molecule has 0 saturated heterocycles. The molecule has 164 valence electrons. The van der Waals surface area contributed by atoms with Crippen LogP contribution in [0.5, 0.6) is 5.75 Å². The molecular formula is C25H20ClN5OS. The smallest absolute Gasteiger partial charge is 0.214 e. The maximum absolute atomic E-state index is 6.32. The number of aromatic nitrogens is 4. The Morgan fingerprint density at radius 2 is 1.76 bits per heavy atom. The predicted molar refractivity (Wildman–Crippen MR) is 133 cm³/mol. The van der Waals surface area contributed by atoms with Crippen LogP contribution in [-0.4, -0.2) is 19.9 Å². The summed E-state index contributed by atoms with van der Waals surface area (Å²) in [5.41, 5.74) is 6.26. The molecule has 0 radical (unpaired) electrons. The third-order valence-electron chi connectivity index (χ3n) is 5.36. The van der Waals surface area contributed by atoms with Crippen molar-refractivity contribution in [3.05, 3.63) is 106 Å². The van der Waals surface area contributed by atoms with Crippen LogP contribution in [0.25, 0.3) is 22.2 Å². The summed E-state index contributed by atoms with van der Waals surface area (Å²) >= 11 is 11.8. The first-order valence-electron chi connectivity index (χ1n) is 10.4. The molecule has 0 aliphatic rings. The van der Waals surface area contributed by atoms with Crippen LogP contribution in [0.15, 0.2) is 85.2 Å². The highest BCUT2D eigenvalue weighted by Gasteiger charge is 2.13. The second-order valence-corrected chi connectivity index (χ2v) is 8.20. The van der Waals surface area contributed by atoms with E-state index in [1.54, 1.807) is 17.1 Å². The molecule has 0 atom stereocenters. The Bertz CT molecular complexity index is 1460. The molecule has 0 fully saturated rings. The third-order valence-corrected chi connectivity index (χ3v) is 6.01. The lowest BCUT2D eigenvalue weighted by molar-refractivity contribution is 0.303. The van der Waals surface area contributed by atoms with Gasteiger partial charge in [0.15, 0.2) is 5.82 Å². The third kappa shape index (κ3) is 4.46. The van der Waals surface area contributed by atoms with Crippen LogP contribution in [0.4, 0.5) is 0 Å². The van der Waals surface area contributed by atoms with Crippen molar-refractivity contribution in [3.8, 4) is 17.1 Å². The molecule has 6 nitrogen and oxygen atoms in total. The van der Waals surface area contributed by atoms with Gasteiger partial charge in [-0.15, -0.1) is 0 Å². The number of aromatic amines is 1. The molecule has 0 amide bonds. The van der Waals surface area contributed by atoms with E-state index >= 15 is 0 Å². The standard InChI is InChI=1S/C25H20ClN5OS/c26-22-8-4-2-6-19(22)16-32-23-10-9-17-5-1-3-7-20(17)21(23)15-28-31-24(29-30-25(31)33)18-11-13-27-14-12-18/h1-14,28H,15-16H2,(H,30,33). The lowest BCUT2D eigenvalue weighted by Gasteiger charge is -2.17. The van der Waals surface area contributed by atoms with Gasteiger partial charge in [-0.1, -0.05) is 60.1 Å². The fourth-order valence-electron chi connectivity index (χ4n) is 3.70. The average molecular weight is 474 g/mol. The number of ether oxygens (including phenoxy) is 1. The molecule has 2 aromatic heterocycles.